The highest BCUT2D eigenvalue weighted by molar-refractivity contribution is 5.29. The SMILES string of the molecule is CC(C)Oc1cccc(CC2CO2)c1. The van der Waals surface area contributed by atoms with Crippen LogP contribution in [0.5, 0.6) is 5.75 Å². The van der Waals surface area contributed by atoms with Gasteiger partial charge in [0.15, 0.2) is 0 Å². The molecule has 1 aromatic carbocycles. The van der Waals surface area contributed by atoms with Gasteiger partial charge in [-0.1, -0.05) is 12.1 Å². The van der Waals surface area contributed by atoms with E-state index in [2.05, 4.69) is 12.1 Å². The third-order valence-electron chi connectivity index (χ3n) is 2.14. The van der Waals surface area contributed by atoms with Gasteiger partial charge >= 0.3 is 0 Å². The monoisotopic (exact) mass is 192 g/mol. The maximum atomic E-state index is 5.62. The van der Waals surface area contributed by atoms with Crippen molar-refractivity contribution in [3.8, 4) is 5.75 Å². The summed E-state index contributed by atoms with van der Waals surface area (Å²) >= 11 is 0. The summed E-state index contributed by atoms with van der Waals surface area (Å²) in [6.07, 6.45) is 1.70. The van der Waals surface area contributed by atoms with E-state index in [1.807, 2.05) is 26.0 Å². The van der Waals surface area contributed by atoms with E-state index in [9.17, 15) is 0 Å². The fourth-order valence-corrected chi connectivity index (χ4v) is 1.47. The normalized spacial score (nSPS) is 19.8. The lowest BCUT2D eigenvalue weighted by Crippen LogP contribution is -2.05. The molecule has 0 amide bonds. The lowest BCUT2D eigenvalue weighted by atomic mass is 10.1. The van der Waals surface area contributed by atoms with Crippen molar-refractivity contribution >= 4 is 0 Å². The predicted octanol–water partition coefficient (Wildman–Crippen LogP) is 2.42. The van der Waals surface area contributed by atoms with Gasteiger partial charge in [-0.15, -0.1) is 0 Å². The van der Waals surface area contributed by atoms with Gasteiger partial charge in [-0.05, 0) is 31.5 Å². The fourth-order valence-electron chi connectivity index (χ4n) is 1.47. The van der Waals surface area contributed by atoms with Crippen molar-refractivity contribution in [3.63, 3.8) is 0 Å². The minimum absolute atomic E-state index is 0.238. The third kappa shape index (κ3) is 2.74. The molecule has 2 rings (SSSR count). The Balaban J connectivity index is 2.01. The van der Waals surface area contributed by atoms with Gasteiger partial charge in [0.2, 0.25) is 0 Å². The number of hydrogen-bond donors (Lipinski definition) is 0. The molecule has 1 unspecified atom stereocenters. The van der Waals surface area contributed by atoms with Crippen LogP contribution in [0.4, 0.5) is 0 Å². The van der Waals surface area contributed by atoms with Crippen molar-refractivity contribution in [2.75, 3.05) is 6.61 Å². The van der Waals surface area contributed by atoms with Crippen LogP contribution in [0.15, 0.2) is 24.3 Å². The average molecular weight is 192 g/mol. The molecular weight excluding hydrogens is 176 g/mol. The van der Waals surface area contributed by atoms with Crippen molar-refractivity contribution in [2.24, 2.45) is 0 Å². The Labute approximate surface area is 84.8 Å². The van der Waals surface area contributed by atoms with E-state index in [4.69, 9.17) is 9.47 Å². The first-order valence-electron chi connectivity index (χ1n) is 5.11. The van der Waals surface area contributed by atoms with Crippen molar-refractivity contribution in [3.05, 3.63) is 29.8 Å². The Bertz CT molecular complexity index is 284. The van der Waals surface area contributed by atoms with Crippen molar-refractivity contribution in [1.29, 1.82) is 0 Å². The van der Waals surface area contributed by atoms with Gasteiger partial charge in [0.1, 0.15) is 5.75 Å². The van der Waals surface area contributed by atoms with Crippen LogP contribution in [0, 0.1) is 0 Å². The van der Waals surface area contributed by atoms with Crippen LogP contribution in [0.25, 0.3) is 0 Å². The Morgan fingerprint density at radius 1 is 1.50 bits per heavy atom. The lowest BCUT2D eigenvalue weighted by Gasteiger charge is -2.10. The Morgan fingerprint density at radius 3 is 2.93 bits per heavy atom. The third-order valence-corrected chi connectivity index (χ3v) is 2.14. The summed E-state index contributed by atoms with van der Waals surface area (Å²) in [5.74, 6) is 0.957. The van der Waals surface area contributed by atoms with Gasteiger partial charge in [0.05, 0.1) is 18.8 Å². The van der Waals surface area contributed by atoms with E-state index >= 15 is 0 Å². The summed E-state index contributed by atoms with van der Waals surface area (Å²) in [7, 11) is 0. The standard InChI is InChI=1S/C12H16O2/c1-9(2)14-11-5-3-4-10(6-11)7-12-8-13-12/h3-6,9,12H,7-8H2,1-2H3. The van der Waals surface area contributed by atoms with Crippen LogP contribution in [-0.4, -0.2) is 18.8 Å². The topological polar surface area (TPSA) is 21.8 Å². The number of hydrogen-bond acceptors (Lipinski definition) is 2. The molecule has 0 bridgehead atoms. The van der Waals surface area contributed by atoms with Crippen molar-refractivity contribution in [2.45, 2.75) is 32.5 Å². The second-order valence-corrected chi connectivity index (χ2v) is 3.97. The highest BCUT2D eigenvalue weighted by Crippen LogP contribution is 2.20. The lowest BCUT2D eigenvalue weighted by molar-refractivity contribution is 0.242. The van der Waals surface area contributed by atoms with E-state index in [1.54, 1.807) is 0 Å². The largest absolute Gasteiger partial charge is 0.491 e. The Morgan fingerprint density at radius 2 is 2.29 bits per heavy atom. The fraction of sp³-hybridized carbons (Fsp3) is 0.500. The number of rotatable bonds is 4. The van der Waals surface area contributed by atoms with E-state index in [1.165, 1.54) is 5.56 Å². The van der Waals surface area contributed by atoms with Gasteiger partial charge in [0.25, 0.3) is 0 Å². The summed E-state index contributed by atoms with van der Waals surface area (Å²) < 4.78 is 10.8. The van der Waals surface area contributed by atoms with Crippen LogP contribution >= 0.6 is 0 Å². The minimum Gasteiger partial charge on any atom is -0.491 e. The molecule has 0 radical (unpaired) electrons. The van der Waals surface area contributed by atoms with Crippen LogP contribution in [0.1, 0.15) is 19.4 Å². The van der Waals surface area contributed by atoms with Gasteiger partial charge in [-0.3, -0.25) is 0 Å². The molecule has 0 aromatic heterocycles. The van der Waals surface area contributed by atoms with Gasteiger partial charge < -0.3 is 9.47 Å². The molecule has 1 atom stereocenters. The molecule has 1 saturated heterocycles. The summed E-state index contributed by atoms with van der Waals surface area (Å²) in [5.41, 5.74) is 1.30. The van der Waals surface area contributed by atoms with Crippen LogP contribution < -0.4 is 4.74 Å². The molecule has 0 aliphatic carbocycles. The molecule has 1 heterocycles. The van der Waals surface area contributed by atoms with E-state index < -0.39 is 0 Å². The first kappa shape index (κ1) is 9.53. The first-order valence-corrected chi connectivity index (χ1v) is 5.11. The maximum Gasteiger partial charge on any atom is 0.119 e. The van der Waals surface area contributed by atoms with Gasteiger partial charge in [-0.2, -0.15) is 0 Å². The number of epoxide rings is 1. The first-order chi connectivity index (χ1) is 6.74. The average Bonchev–Trinajstić information content (AvgIpc) is 2.87. The van der Waals surface area contributed by atoms with Gasteiger partial charge in [0, 0.05) is 6.42 Å². The zero-order valence-electron chi connectivity index (χ0n) is 8.69. The highest BCUT2D eigenvalue weighted by Gasteiger charge is 2.22. The minimum atomic E-state index is 0.238. The second-order valence-electron chi connectivity index (χ2n) is 3.97. The molecule has 1 aromatic rings. The highest BCUT2D eigenvalue weighted by atomic mass is 16.6. The summed E-state index contributed by atoms with van der Waals surface area (Å²) in [6, 6.07) is 8.25. The Kier molecular flexibility index (Phi) is 2.73. The molecule has 76 valence electrons. The summed E-state index contributed by atoms with van der Waals surface area (Å²) in [5, 5.41) is 0. The molecule has 1 aliphatic rings. The molecule has 1 aliphatic heterocycles. The Hall–Kier alpha value is -1.02. The zero-order valence-corrected chi connectivity index (χ0v) is 8.69. The molecule has 14 heavy (non-hydrogen) atoms. The molecule has 0 N–H and O–H groups in total. The maximum absolute atomic E-state index is 5.62. The predicted molar refractivity (Wildman–Crippen MR) is 55.7 cm³/mol. The van der Waals surface area contributed by atoms with Crippen molar-refractivity contribution in [1.82, 2.24) is 0 Å². The van der Waals surface area contributed by atoms with Gasteiger partial charge in [-0.25, -0.2) is 0 Å². The molecule has 0 saturated carbocycles. The van der Waals surface area contributed by atoms with E-state index in [-0.39, 0.29) is 6.10 Å². The van der Waals surface area contributed by atoms with Crippen LogP contribution in [0.2, 0.25) is 0 Å². The zero-order chi connectivity index (χ0) is 9.97. The molecule has 0 spiro atoms. The van der Waals surface area contributed by atoms with E-state index in [0.717, 1.165) is 18.8 Å². The van der Waals surface area contributed by atoms with E-state index in [0.29, 0.717) is 6.10 Å². The number of benzene rings is 1. The summed E-state index contributed by atoms with van der Waals surface area (Å²) in [4.78, 5) is 0. The quantitative estimate of drug-likeness (QED) is 0.683. The molecule has 1 fully saturated rings. The van der Waals surface area contributed by atoms with Crippen molar-refractivity contribution < 1.29 is 9.47 Å². The smallest absolute Gasteiger partial charge is 0.119 e. The van der Waals surface area contributed by atoms with Crippen LogP contribution in [-0.2, 0) is 11.2 Å². The second kappa shape index (κ2) is 4.01. The molecule has 2 heteroatoms. The molecular formula is C12H16O2. The number of ether oxygens (including phenoxy) is 2. The van der Waals surface area contributed by atoms with Crippen LogP contribution in [0.3, 0.4) is 0 Å². The summed E-state index contributed by atoms with van der Waals surface area (Å²) in [6.45, 7) is 4.99. The molecule has 2 nitrogen and oxygen atoms in total.